The minimum Gasteiger partial charge on any atom is -0.466 e. The molecule has 0 N–H and O–H groups in total. The van der Waals surface area contributed by atoms with E-state index >= 15 is 0 Å². The van der Waals surface area contributed by atoms with Crippen LogP contribution < -0.4 is 0 Å². The maximum Gasteiger partial charge on any atom is 0.309 e. The molecule has 2 aliphatic rings. The van der Waals surface area contributed by atoms with Crippen molar-refractivity contribution in [1.29, 1.82) is 0 Å². The summed E-state index contributed by atoms with van der Waals surface area (Å²) in [4.78, 5) is 11.7. The Labute approximate surface area is 86.0 Å². The third-order valence-corrected chi connectivity index (χ3v) is 4.24. The van der Waals surface area contributed by atoms with E-state index in [-0.39, 0.29) is 11.9 Å². The van der Waals surface area contributed by atoms with Crippen LogP contribution in [0.25, 0.3) is 0 Å². The van der Waals surface area contributed by atoms with E-state index in [1.165, 1.54) is 32.1 Å². The summed E-state index contributed by atoms with van der Waals surface area (Å²) in [6, 6.07) is 0. The highest BCUT2D eigenvalue weighted by atomic mass is 16.5. The van der Waals surface area contributed by atoms with E-state index in [1.54, 1.807) is 0 Å². The monoisotopic (exact) mass is 196 g/mol. The summed E-state index contributed by atoms with van der Waals surface area (Å²) in [6.45, 7) is 4.63. The van der Waals surface area contributed by atoms with E-state index < -0.39 is 0 Å². The molecule has 2 aliphatic carbocycles. The molecule has 0 bridgehead atoms. The minimum atomic E-state index is 0.0573. The first-order valence-corrected chi connectivity index (χ1v) is 5.89. The minimum absolute atomic E-state index is 0.0573. The molecule has 2 unspecified atom stereocenters. The lowest BCUT2D eigenvalue weighted by Gasteiger charge is -2.22. The molecule has 2 rings (SSSR count). The van der Waals surface area contributed by atoms with Gasteiger partial charge in [0.2, 0.25) is 0 Å². The lowest BCUT2D eigenvalue weighted by molar-refractivity contribution is -0.146. The predicted molar refractivity (Wildman–Crippen MR) is 54.8 cm³/mol. The Balaban J connectivity index is 1.99. The summed E-state index contributed by atoms with van der Waals surface area (Å²) >= 11 is 0. The molecule has 2 nitrogen and oxygen atoms in total. The van der Waals surface area contributed by atoms with Crippen LogP contribution >= 0.6 is 0 Å². The van der Waals surface area contributed by atoms with Crippen molar-refractivity contribution in [3.63, 3.8) is 0 Å². The quantitative estimate of drug-likeness (QED) is 0.635. The Bertz CT molecular complexity index is 228. The van der Waals surface area contributed by atoms with Gasteiger partial charge in [-0.1, -0.05) is 26.2 Å². The molecular weight excluding hydrogens is 176 g/mol. The van der Waals surface area contributed by atoms with Crippen LogP contribution in [0, 0.1) is 17.3 Å². The smallest absolute Gasteiger partial charge is 0.309 e. The average molecular weight is 196 g/mol. The second-order valence-corrected chi connectivity index (χ2v) is 4.81. The van der Waals surface area contributed by atoms with Crippen molar-refractivity contribution in [1.82, 2.24) is 0 Å². The third-order valence-electron chi connectivity index (χ3n) is 4.24. The van der Waals surface area contributed by atoms with Gasteiger partial charge in [-0.15, -0.1) is 0 Å². The second-order valence-electron chi connectivity index (χ2n) is 4.81. The van der Waals surface area contributed by atoms with Crippen LogP contribution in [-0.4, -0.2) is 12.6 Å². The maximum absolute atomic E-state index is 11.7. The molecular formula is C12H20O2. The van der Waals surface area contributed by atoms with E-state index in [0.717, 1.165) is 0 Å². The van der Waals surface area contributed by atoms with Crippen molar-refractivity contribution in [2.75, 3.05) is 6.61 Å². The fourth-order valence-corrected chi connectivity index (χ4v) is 3.35. The van der Waals surface area contributed by atoms with Gasteiger partial charge in [-0.3, -0.25) is 4.79 Å². The summed E-state index contributed by atoms with van der Waals surface area (Å²) in [5.74, 6) is 0.853. The first kappa shape index (κ1) is 10.0. The van der Waals surface area contributed by atoms with Crippen LogP contribution in [0.15, 0.2) is 0 Å². The molecule has 0 saturated heterocycles. The zero-order valence-electron chi connectivity index (χ0n) is 9.21. The first-order chi connectivity index (χ1) is 6.72. The Morgan fingerprint density at radius 2 is 2.00 bits per heavy atom. The van der Waals surface area contributed by atoms with E-state index in [9.17, 15) is 4.79 Å². The zero-order valence-corrected chi connectivity index (χ0v) is 9.21. The molecule has 14 heavy (non-hydrogen) atoms. The molecule has 2 atom stereocenters. The Kier molecular flexibility index (Phi) is 2.54. The summed E-state index contributed by atoms with van der Waals surface area (Å²) < 4.78 is 5.12. The fraction of sp³-hybridized carbons (Fsp3) is 0.917. The Morgan fingerprint density at radius 1 is 1.36 bits per heavy atom. The van der Waals surface area contributed by atoms with Crippen molar-refractivity contribution >= 4 is 5.97 Å². The van der Waals surface area contributed by atoms with Crippen molar-refractivity contribution in [3.8, 4) is 0 Å². The topological polar surface area (TPSA) is 26.3 Å². The Hall–Kier alpha value is -0.530. The molecule has 2 fully saturated rings. The lowest BCUT2D eigenvalue weighted by atomic mass is 9.83. The van der Waals surface area contributed by atoms with Gasteiger partial charge in [-0.05, 0) is 31.1 Å². The lowest BCUT2D eigenvalue weighted by Crippen LogP contribution is -2.16. The number of esters is 1. The van der Waals surface area contributed by atoms with Gasteiger partial charge in [0.15, 0.2) is 0 Å². The molecule has 0 aliphatic heterocycles. The number of carbonyl (C=O) groups is 1. The molecule has 0 heterocycles. The van der Waals surface area contributed by atoms with Gasteiger partial charge in [0.1, 0.15) is 0 Å². The number of rotatable bonds is 2. The van der Waals surface area contributed by atoms with Gasteiger partial charge in [0.05, 0.1) is 12.5 Å². The standard InChI is InChI=1S/C12H20O2/c1-3-14-11(13)10-9(2)12(10)7-5-4-6-8-12/h9-10H,3-8H2,1-2H3. The van der Waals surface area contributed by atoms with E-state index in [4.69, 9.17) is 4.74 Å². The number of carbonyl (C=O) groups excluding carboxylic acids is 1. The predicted octanol–water partition coefficient (Wildman–Crippen LogP) is 2.77. The normalized spacial score (nSPS) is 34.1. The number of ether oxygens (including phenoxy) is 1. The van der Waals surface area contributed by atoms with Gasteiger partial charge in [0, 0.05) is 0 Å². The van der Waals surface area contributed by atoms with Gasteiger partial charge in [-0.2, -0.15) is 0 Å². The number of hydrogen-bond acceptors (Lipinski definition) is 2. The zero-order chi connectivity index (χ0) is 10.2. The highest BCUT2D eigenvalue weighted by Gasteiger charge is 2.65. The molecule has 1 spiro atoms. The highest BCUT2D eigenvalue weighted by Crippen LogP contribution is 2.66. The summed E-state index contributed by atoms with van der Waals surface area (Å²) in [5.41, 5.74) is 0.352. The summed E-state index contributed by atoms with van der Waals surface area (Å²) in [5, 5.41) is 0. The molecule has 0 aromatic carbocycles. The van der Waals surface area contributed by atoms with Crippen molar-refractivity contribution in [2.45, 2.75) is 46.0 Å². The SMILES string of the molecule is CCOC(=O)C1C(C)C12CCCCC2. The van der Waals surface area contributed by atoms with E-state index in [2.05, 4.69) is 6.92 Å². The van der Waals surface area contributed by atoms with Crippen LogP contribution in [0.1, 0.15) is 46.0 Å². The van der Waals surface area contributed by atoms with Gasteiger partial charge >= 0.3 is 5.97 Å². The molecule has 2 saturated carbocycles. The maximum atomic E-state index is 11.7. The molecule has 2 heteroatoms. The largest absolute Gasteiger partial charge is 0.466 e. The van der Waals surface area contributed by atoms with Crippen molar-refractivity contribution in [3.05, 3.63) is 0 Å². The van der Waals surface area contributed by atoms with Crippen molar-refractivity contribution in [2.24, 2.45) is 17.3 Å². The average Bonchev–Trinajstić information content (AvgIpc) is 2.72. The van der Waals surface area contributed by atoms with Crippen LogP contribution in [0.3, 0.4) is 0 Å². The molecule has 80 valence electrons. The molecule has 0 amide bonds. The van der Waals surface area contributed by atoms with Crippen LogP contribution in [0.2, 0.25) is 0 Å². The van der Waals surface area contributed by atoms with Gasteiger partial charge < -0.3 is 4.74 Å². The fourth-order valence-electron chi connectivity index (χ4n) is 3.35. The third kappa shape index (κ3) is 1.35. The molecule has 0 aromatic heterocycles. The van der Waals surface area contributed by atoms with Gasteiger partial charge in [0.25, 0.3) is 0 Å². The van der Waals surface area contributed by atoms with E-state index in [1.807, 2.05) is 6.92 Å². The molecule has 0 aromatic rings. The number of hydrogen-bond donors (Lipinski definition) is 0. The first-order valence-electron chi connectivity index (χ1n) is 5.89. The van der Waals surface area contributed by atoms with Crippen LogP contribution in [-0.2, 0) is 9.53 Å². The molecule has 0 radical (unpaired) electrons. The highest BCUT2D eigenvalue weighted by molar-refractivity contribution is 5.77. The van der Waals surface area contributed by atoms with Crippen LogP contribution in [0.4, 0.5) is 0 Å². The Morgan fingerprint density at radius 3 is 2.57 bits per heavy atom. The van der Waals surface area contributed by atoms with Crippen molar-refractivity contribution < 1.29 is 9.53 Å². The van der Waals surface area contributed by atoms with Crippen LogP contribution in [0.5, 0.6) is 0 Å². The summed E-state index contributed by atoms with van der Waals surface area (Å²) in [6.07, 6.45) is 6.46. The van der Waals surface area contributed by atoms with Gasteiger partial charge in [-0.25, -0.2) is 0 Å². The second kappa shape index (κ2) is 3.56. The van der Waals surface area contributed by atoms with E-state index in [0.29, 0.717) is 17.9 Å². The summed E-state index contributed by atoms with van der Waals surface area (Å²) in [7, 11) is 0.